The fourth-order valence-electron chi connectivity index (χ4n) is 2.30. The van der Waals surface area contributed by atoms with Crippen LogP contribution < -0.4 is 5.32 Å². The molecule has 110 valence electrons. The monoisotopic (exact) mass is 294 g/mol. The zero-order valence-corrected chi connectivity index (χ0v) is 12.2. The van der Waals surface area contributed by atoms with Gasteiger partial charge in [0.1, 0.15) is 11.8 Å². The van der Waals surface area contributed by atoms with Gasteiger partial charge in [-0.05, 0) is 37.6 Å². The van der Waals surface area contributed by atoms with Gasteiger partial charge in [-0.3, -0.25) is 4.79 Å². The number of nitriles is 1. The van der Waals surface area contributed by atoms with E-state index in [1.165, 1.54) is 0 Å². The summed E-state index contributed by atoms with van der Waals surface area (Å²) in [5, 5.41) is 16.4. The van der Waals surface area contributed by atoms with Gasteiger partial charge < -0.3 is 14.8 Å². The van der Waals surface area contributed by atoms with Crippen molar-refractivity contribution in [3.63, 3.8) is 0 Å². The van der Waals surface area contributed by atoms with Crippen LogP contribution >= 0.6 is 0 Å². The fraction of sp³-hybridized carbons (Fsp3) is 0.188. The summed E-state index contributed by atoms with van der Waals surface area (Å²) in [6.45, 7) is 3.65. The largest absolute Gasteiger partial charge is 0.351 e. The van der Waals surface area contributed by atoms with Gasteiger partial charge in [-0.15, -0.1) is 0 Å². The molecule has 3 aromatic rings. The third-order valence-corrected chi connectivity index (χ3v) is 3.46. The van der Waals surface area contributed by atoms with Crippen molar-refractivity contribution in [1.82, 2.24) is 15.5 Å². The number of rotatable bonds is 3. The molecule has 0 unspecified atom stereocenters. The molecule has 0 radical (unpaired) electrons. The number of H-pyrrole nitrogens is 1. The van der Waals surface area contributed by atoms with Gasteiger partial charge in [0.15, 0.2) is 0 Å². The zero-order chi connectivity index (χ0) is 15.7. The van der Waals surface area contributed by atoms with Gasteiger partial charge in [0, 0.05) is 17.0 Å². The Labute approximate surface area is 126 Å². The highest BCUT2D eigenvalue weighted by Gasteiger charge is 2.15. The van der Waals surface area contributed by atoms with E-state index in [4.69, 9.17) is 9.78 Å². The zero-order valence-electron chi connectivity index (χ0n) is 12.2. The van der Waals surface area contributed by atoms with E-state index in [9.17, 15) is 4.79 Å². The second-order valence-corrected chi connectivity index (χ2v) is 5.17. The molecule has 2 aromatic heterocycles. The van der Waals surface area contributed by atoms with E-state index in [0.717, 1.165) is 16.5 Å². The maximum Gasteiger partial charge on any atom is 0.290 e. The summed E-state index contributed by atoms with van der Waals surface area (Å²) in [7, 11) is 0. The first kappa shape index (κ1) is 13.9. The summed E-state index contributed by atoms with van der Waals surface area (Å²) in [4.78, 5) is 15.1. The molecule has 0 saturated carbocycles. The van der Waals surface area contributed by atoms with Crippen LogP contribution in [0.2, 0.25) is 0 Å². The van der Waals surface area contributed by atoms with E-state index in [0.29, 0.717) is 11.4 Å². The van der Waals surface area contributed by atoms with Gasteiger partial charge in [-0.2, -0.15) is 5.26 Å². The van der Waals surface area contributed by atoms with Gasteiger partial charge in [-0.1, -0.05) is 11.2 Å². The normalized spacial score (nSPS) is 12.0. The Hall–Kier alpha value is -3.07. The molecule has 22 heavy (non-hydrogen) atoms. The number of hydrogen-bond donors (Lipinski definition) is 2. The number of carbonyl (C=O) groups excluding carboxylic acids is 1. The molecule has 0 fully saturated rings. The number of fused-ring (bicyclic) bond motifs is 1. The molecule has 2 N–H and O–H groups in total. The minimum absolute atomic E-state index is 0.192. The molecule has 1 aromatic carbocycles. The summed E-state index contributed by atoms with van der Waals surface area (Å²) < 4.78 is 4.95. The van der Waals surface area contributed by atoms with Gasteiger partial charge in [-0.25, -0.2) is 0 Å². The summed E-state index contributed by atoms with van der Waals surface area (Å²) in [6, 6.07) is 11.0. The van der Waals surface area contributed by atoms with Crippen molar-refractivity contribution in [1.29, 1.82) is 5.26 Å². The minimum atomic E-state index is -0.306. The summed E-state index contributed by atoms with van der Waals surface area (Å²) in [6.07, 6.45) is 0. The Kier molecular flexibility index (Phi) is 3.39. The van der Waals surface area contributed by atoms with Gasteiger partial charge in [0.05, 0.1) is 11.7 Å². The predicted octanol–water partition coefficient (Wildman–Crippen LogP) is 2.83. The lowest BCUT2D eigenvalue weighted by Crippen LogP contribution is -2.26. The molecule has 0 bridgehead atoms. The summed E-state index contributed by atoms with van der Waals surface area (Å²) >= 11 is 0. The topological polar surface area (TPSA) is 94.7 Å². The number of benzene rings is 1. The minimum Gasteiger partial charge on any atom is -0.351 e. The Balaban J connectivity index is 1.81. The highest BCUT2D eigenvalue weighted by molar-refractivity contribution is 5.91. The van der Waals surface area contributed by atoms with Crippen LogP contribution in [0.15, 0.2) is 34.9 Å². The number of nitrogens with zero attached hydrogens (tertiary/aromatic N) is 2. The molecule has 6 nitrogen and oxygen atoms in total. The van der Waals surface area contributed by atoms with Gasteiger partial charge in [0.25, 0.3) is 5.91 Å². The van der Waals surface area contributed by atoms with Crippen molar-refractivity contribution < 1.29 is 9.32 Å². The molecule has 1 amide bonds. The molecule has 0 aliphatic carbocycles. The molecule has 3 rings (SSSR count). The molecule has 0 saturated heterocycles. The lowest BCUT2D eigenvalue weighted by molar-refractivity contribution is 0.0902. The highest BCUT2D eigenvalue weighted by Crippen LogP contribution is 2.21. The summed E-state index contributed by atoms with van der Waals surface area (Å²) in [5.74, 6) is -0.112. The van der Waals surface area contributed by atoms with Crippen molar-refractivity contribution >= 4 is 16.8 Å². The van der Waals surface area contributed by atoms with Crippen LogP contribution in [0.4, 0.5) is 0 Å². The van der Waals surface area contributed by atoms with Crippen LogP contribution in [0.1, 0.15) is 40.5 Å². The van der Waals surface area contributed by atoms with E-state index in [-0.39, 0.29) is 17.7 Å². The van der Waals surface area contributed by atoms with Crippen LogP contribution in [-0.4, -0.2) is 16.0 Å². The highest BCUT2D eigenvalue weighted by atomic mass is 16.5. The summed E-state index contributed by atoms with van der Waals surface area (Å²) in [5.41, 5.74) is 3.02. The van der Waals surface area contributed by atoms with E-state index in [2.05, 4.69) is 21.5 Å². The molecule has 0 aliphatic heterocycles. The van der Waals surface area contributed by atoms with Crippen molar-refractivity contribution in [2.24, 2.45) is 0 Å². The molecule has 2 heterocycles. The quantitative estimate of drug-likeness (QED) is 0.776. The molecular weight excluding hydrogens is 280 g/mol. The van der Waals surface area contributed by atoms with Crippen LogP contribution in [0.3, 0.4) is 0 Å². The van der Waals surface area contributed by atoms with Crippen LogP contribution in [0.5, 0.6) is 0 Å². The Morgan fingerprint density at radius 2 is 2.23 bits per heavy atom. The fourth-order valence-corrected chi connectivity index (χ4v) is 2.30. The number of hydrogen-bond acceptors (Lipinski definition) is 4. The number of aromatic amines is 1. The van der Waals surface area contributed by atoms with Gasteiger partial charge in [0.2, 0.25) is 5.76 Å². The average molecular weight is 294 g/mol. The maximum atomic E-state index is 12.1. The van der Waals surface area contributed by atoms with Gasteiger partial charge >= 0.3 is 0 Å². The Morgan fingerprint density at radius 1 is 1.41 bits per heavy atom. The molecule has 1 atom stereocenters. The first-order valence-electron chi connectivity index (χ1n) is 6.84. The lowest BCUT2D eigenvalue weighted by atomic mass is 10.1. The molecule has 6 heteroatoms. The average Bonchev–Trinajstić information content (AvgIpc) is 3.11. The SMILES string of the molecule is Cc1cc(C(=O)N[C@H](C)c2ccc3[nH]c(C#N)cc3c2)on1. The third-order valence-electron chi connectivity index (χ3n) is 3.46. The number of amides is 1. The molecular formula is C16H14N4O2. The Bertz CT molecular complexity index is 885. The smallest absolute Gasteiger partial charge is 0.290 e. The number of nitrogens with one attached hydrogen (secondary N) is 2. The predicted molar refractivity (Wildman–Crippen MR) is 80.1 cm³/mol. The van der Waals surface area contributed by atoms with Crippen molar-refractivity contribution in [2.45, 2.75) is 19.9 Å². The molecule has 0 aliphatic rings. The number of aryl methyl sites for hydroxylation is 1. The second kappa shape index (κ2) is 5.37. The molecule has 0 spiro atoms. The van der Waals surface area contributed by atoms with Crippen molar-refractivity contribution in [3.05, 3.63) is 53.0 Å². The standard InChI is InChI=1S/C16H14N4O2/c1-9-5-15(22-20-9)16(21)18-10(2)11-3-4-14-12(6-11)7-13(8-17)19-14/h3-7,10,19H,1-2H3,(H,18,21)/t10-/m1/s1. The van der Waals surface area contributed by atoms with Crippen LogP contribution in [-0.2, 0) is 0 Å². The number of aromatic nitrogens is 2. The van der Waals surface area contributed by atoms with E-state index < -0.39 is 0 Å². The maximum absolute atomic E-state index is 12.1. The van der Waals surface area contributed by atoms with E-state index >= 15 is 0 Å². The Morgan fingerprint density at radius 3 is 2.91 bits per heavy atom. The first-order valence-corrected chi connectivity index (χ1v) is 6.84. The van der Waals surface area contributed by atoms with E-state index in [1.807, 2.05) is 25.1 Å². The number of carbonyl (C=O) groups is 1. The first-order chi connectivity index (χ1) is 10.6. The second-order valence-electron chi connectivity index (χ2n) is 5.17. The lowest BCUT2D eigenvalue weighted by Gasteiger charge is -2.13. The van der Waals surface area contributed by atoms with Crippen LogP contribution in [0.25, 0.3) is 10.9 Å². The van der Waals surface area contributed by atoms with E-state index in [1.54, 1.807) is 19.1 Å². The van der Waals surface area contributed by atoms with Crippen molar-refractivity contribution in [3.8, 4) is 6.07 Å². The van der Waals surface area contributed by atoms with Crippen molar-refractivity contribution in [2.75, 3.05) is 0 Å². The third kappa shape index (κ3) is 2.56. The van der Waals surface area contributed by atoms with Crippen LogP contribution in [0, 0.1) is 18.3 Å².